The van der Waals surface area contributed by atoms with E-state index in [4.69, 9.17) is 0 Å². The Bertz CT molecular complexity index is 724. The summed E-state index contributed by atoms with van der Waals surface area (Å²) in [4.78, 5) is 0. The Morgan fingerprint density at radius 1 is 0.800 bits per heavy atom. The summed E-state index contributed by atoms with van der Waals surface area (Å²) in [5.74, 6) is 1.33. The average Bonchev–Trinajstić information content (AvgIpc) is 2.75. The summed E-state index contributed by atoms with van der Waals surface area (Å²) >= 11 is 0. The van der Waals surface area contributed by atoms with Crippen molar-refractivity contribution in [2.24, 2.45) is 0 Å². The third-order valence-corrected chi connectivity index (χ3v) is 10.00. The van der Waals surface area contributed by atoms with Crippen LogP contribution in [0.2, 0.25) is 0 Å². The number of aryl methyl sites for hydroxylation is 1. The maximum Gasteiger partial charge on any atom is 0.120 e. The van der Waals surface area contributed by atoms with Gasteiger partial charge in [0.2, 0.25) is 0 Å². The summed E-state index contributed by atoms with van der Waals surface area (Å²) in [6.45, 7) is 9.22. The summed E-state index contributed by atoms with van der Waals surface area (Å²) in [5.41, 5.74) is 4.39. The van der Waals surface area contributed by atoms with E-state index < -0.39 is 10.2 Å². The van der Waals surface area contributed by atoms with Gasteiger partial charge in [-0.2, -0.15) is 10.2 Å². The van der Waals surface area contributed by atoms with Gasteiger partial charge in [-0.1, -0.05) is 94.6 Å². The second kappa shape index (κ2) is 12.0. The number of hydrogen-bond donors (Lipinski definition) is 0. The smallest absolute Gasteiger partial charge is 0.120 e. The second-order valence-corrected chi connectivity index (χ2v) is 13.1. The predicted octanol–water partition coefficient (Wildman–Crippen LogP) is 6.40. The van der Waals surface area contributed by atoms with Crippen LogP contribution in [0.1, 0.15) is 69.6 Å². The second-order valence-electron chi connectivity index (χ2n) is 9.25. The first kappa shape index (κ1) is 25.1. The molecule has 2 aromatic rings. The standard InChI is InChI=1S/C27H44BNS/c1-6-9-13-22-27(28,25-16-11-10-12-17-25)26-20-18-24(19-21-26)15-14-23-30(4,5)29(7-2)8-3/h10-12,16-21H,6-9,13-15,22-23,28H2,1-5H3. The van der Waals surface area contributed by atoms with Crippen molar-refractivity contribution in [3.63, 3.8) is 0 Å². The monoisotopic (exact) mass is 425 g/mol. The van der Waals surface area contributed by atoms with Crippen LogP contribution in [0, 0.1) is 0 Å². The third kappa shape index (κ3) is 6.66. The Kier molecular flexibility index (Phi) is 10.0. The molecule has 0 saturated carbocycles. The highest BCUT2D eigenvalue weighted by Crippen LogP contribution is 2.44. The van der Waals surface area contributed by atoms with Crippen LogP contribution in [0.5, 0.6) is 0 Å². The first-order chi connectivity index (χ1) is 14.4. The normalized spacial score (nSPS) is 14.6. The van der Waals surface area contributed by atoms with E-state index in [-0.39, 0.29) is 5.31 Å². The van der Waals surface area contributed by atoms with Gasteiger partial charge in [0.25, 0.3) is 0 Å². The Morgan fingerprint density at radius 3 is 1.97 bits per heavy atom. The Balaban J connectivity index is 2.08. The van der Waals surface area contributed by atoms with E-state index in [1.165, 1.54) is 74.1 Å². The Labute approximate surface area is 189 Å². The molecule has 0 saturated heterocycles. The molecule has 3 heteroatoms. The molecule has 1 unspecified atom stereocenters. The van der Waals surface area contributed by atoms with Crippen molar-refractivity contribution in [1.29, 1.82) is 0 Å². The summed E-state index contributed by atoms with van der Waals surface area (Å²) < 4.78 is 2.66. The number of rotatable bonds is 13. The highest BCUT2D eigenvalue weighted by molar-refractivity contribution is 8.30. The van der Waals surface area contributed by atoms with Gasteiger partial charge in [-0.3, -0.25) is 4.31 Å². The molecule has 0 aliphatic carbocycles. The number of hydrogen-bond acceptors (Lipinski definition) is 1. The molecule has 0 spiro atoms. The lowest BCUT2D eigenvalue weighted by Crippen LogP contribution is -2.28. The van der Waals surface area contributed by atoms with E-state index in [0.717, 1.165) is 0 Å². The molecular weight excluding hydrogens is 381 g/mol. The summed E-state index contributed by atoms with van der Waals surface area (Å²) in [6.07, 6.45) is 12.5. The molecule has 0 bridgehead atoms. The van der Waals surface area contributed by atoms with Gasteiger partial charge in [-0.05, 0) is 59.5 Å². The maximum absolute atomic E-state index is 2.66. The van der Waals surface area contributed by atoms with Crippen molar-refractivity contribution in [3.05, 3.63) is 71.3 Å². The molecule has 0 fully saturated rings. The average molecular weight is 426 g/mol. The molecule has 0 aliphatic rings. The van der Waals surface area contributed by atoms with Crippen LogP contribution < -0.4 is 0 Å². The fourth-order valence-corrected chi connectivity index (χ4v) is 7.22. The van der Waals surface area contributed by atoms with Crippen LogP contribution in [-0.4, -0.2) is 43.5 Å². The predicted molar refractivity (Wildman–Crippen MR) is 142 cm³/mol. The zero-order valence-electron chi connectivity index (χ0n) is 20.4. The molecule has 1 atom stereocenters. The van der Waals surface area contributed by atoms with Crippen molar-refractivity contribution >= 4 is 18.1 Å². The summed E-state index contributed by atoms with van der Waals surface area (Å²) in [6, 6.07) is 20.7. The quantitative estimate of drug-likeness (QED) is 0.265. The minimum absolute atomic E-state index is 0.101. The fourth-order valence-electron chi connectivity index (χ4n) is 4.71. The largest absolute Gasteiger partial charge is 0.269 e. The van der Waals surface area contributed by atoms with Crippen molar-refractivity contribution < 1.29 is 0 Å². The third-order valence-electron chi connectivity index (χ3n) is 6.80. The zero-order chi connectivity index (χ0) is 22.0. The van der Waals surface area contributed by atoms with Crippen molar-refractivity contribution in [2.45, 2.75) is 64.6 Å². The van der Waals surface area contributed by atoms with E-state index in [0.29, 0.717) is 0 Å². The number of nitrogens with zero attached hydrogens (tertiary/aromatic N) is 1. The molecule has 30 heavy (non-hydrogen) atoms. The van der Waals surface area contributed by atoms with E-state index in [1.54, 1.807) is 0 Å². The molecule has 0 N–H and O–H groups in total. The molecule has 2 aromatic carbocycles. The van der Waals surface area contributed by atoms with Gasteiger partial charge in [-0.25, -0.2) is 0 Å². The molecule has 0 amide bonds. The van der Waals surface area contributed by atoms with Crippen molar-refractivity contribution in [3.8, 4) is 0 Å². The Hall–Kier alpha value is -1.19. The van der Waals surface area contributed by atoms with Crippen LogP contribution in [0.25, 0.3) is 0 Å². The molecular formula is C27H44BNS. The lowest BCUT2D eigenvalue weighted by molar-refractivity contribution is 0.511. The Morgan fingerprint density at radius 2 is 1.40 bits per heavy atom. The minimum atomic E-state index is -0.640. The van der Waals surface area contributed by atoms with E-state index in [9.17, 15) is 0 Å². The number of benzene rings is 2. The minimum Gasteiger partial charge on any atom is -0.269 e. The molecule has 2 rings (SSSR count). The van der Waals surface area contributed by atoms with Crippen LogP contribution >= 0.6 is 10.2 Å². The first-order valence-corrected chi connectivity index (χ1v) is 14.6. The fraction of sp³-hybridized carbons (Fsp3) is 0.556. The lowest BCUT2D eigenvalue weighted by atomic mass is 9.57. The van der Waals surface area contributed by atoms with Crippen molar-refractivity contribution in [1.82, 2.24) is 4.31 Å². The SMILES string of the molecule is BC(CCCCC)(c1ccccc1)c1ccc(CCCS(C)(C)N(CC)CC)cc1. The highest BCUT2D eigenvalue weighted by atomic mass is 32.3. The lowest BCUT2D eigenvalue weighted by Gasteiger charge is -2.42. The van der Waals surface area contributed by atoms with Gasteiger partial charge in [0, 0.05) is 13.1 Å². The molecule has 1 nitrogen and oxygen atoms in total. The van der Waals surface area contributed by atoms with Gasteiger partial charge in [0.05, 0.1) is 0 Å². The molecule has 0 heterocycles. The highest BCUT2D eigenvalue weighted by Gasteiger charge is 2.28. The zero-order valence-corrected chi connectivity index (χ0v) is 21.2. The molecule has 166 valence electrons. The van der Waals surface area contributed by atoms with Crippen LogP contribution in [0.3, 0.4) is 0 Å². The topological polar surface area (TPSA) is 3.24 Å². The molecule has 0 radical (unpaired) electrons. The summed E-state index contributed by atoms with van der Waals surface area (Å²) in [7, 11) is 1.79. The van der Waals surface area contributed by atoms with E-state index in [2.05, 4.69) is 100 Å². The van der Waals surface area contributed by atoms with Gasteiger partial charge in [0.1, 0.15) is 7.85 Å². The molecule has 0 aromatic heterocycles. The first-order valence-electron chi connectivity index (χ1n) is 12.0. The van der Waals surface area contributed by atoms with Gasteiger partial charge >= 0.3 is 0 Å². The maximum atomic E-state index is 2.66. The van der Waals surface area contributed by atoms with Crippen molar-refractivity contribution in [2.75, 3.05) is 31.4 Å². The number of unbranched alkanes of at least 4 members (excludes halogenated alkanes) is 2. The van der Waals surface area contributed by atoms with Crippen LogP contribution in [0.15, 0.2) is 54.6 Å². The van der Waals surface area contributed by atoms with Crippen LogP contribution in [0.4, 0.5) is 0 Å². The molecule has 0 aliphatic heterocycles. The van der Waals surface area contributed by atoms with E-state index >= 15 is 0 Å². The van der Waals surface area contributed by atoms with Gasteiger partial charge in [-0.15, -0.1) is 0 Å². The van der Waals surface area contributed by atoms with E-state index in [1.807, 2.05) is 0 Å². The summed E-state index contributed by atoms with van der Waals surface area (Å²) in [5, 5.41) is 0.101. The van der Waals surface area contributed by atoms with Gasteiger partial charge < -0.3 is 0 Å². The van der Waals surface area contributed by atoms with Crippen LogP contribution in [-0.2, 0) is 11.7 Å². The van der Waals surface area contributed by atoms with Gasteiger partial charge in [0.15, 0.2) is 0 Å².